The lowest BCUT2D eigenvalue weighted by atomic mass is 9.92. The second-order valence-electron chi connectivity index (χ2n) is 9.70. The number of halogens is 1. The van der Waals surface area contributed by atoms with E-state index in [1.807, 2.05) is 39.1 Å². The molecule has 0 aliphatic heterocycles. The zero-order valence-corrected chi connectivity index (χ0v) is 25.3. The molecule has 0 spiro atoms. The number of benzene rings is 1. The van der Waals surface area contributed by atoms with Gasteiger partial charge in [-0.25, -0.2) is 4.39 Å². The van der Waals surface area contributed by atoms with Crippen LogP contribution in [0.3, 0.4) is 0 Å². The van der Waals surface area contributed by atoms with Gasteiger partial charge in [-0.1, -0.05) is 51.6 Å². The molecule has 0 fully saturated rings. The van der Waals surface area contributed by atoms with E-state index in [2.05, 4.69) is 50.0 Å². The Morgan fingerprint density at radius 3 is 2.40 bits per heavy atom. The number of carbonyl (C=O) groups is 2. The number of aromatic nitrogens is 1. The molecule has 2 aromatic rings. The topological polar surface area (TPSA) is 91.8 Å². The molecule has 7 nitrogen and oxygen atoms in total. The summed E-state index contributed by atoms with van der Waals surface area (Å²) < 4.78 is 17.2. The number of ether oxygens (including phenoxy) is 1. The zero-order valence-electron chi connectivity index (χ0n) is 25.3. The van der Waals surface area contributed by atoms with Crippen molar-refractivity contribution >= 4 is 29.8 Å². The van der Waals surface area contributed by atoms with Crippen molar-refractivity contribution in [3.05, 3.63) is 72.2 Å². The van der Waals surface area contributed by atoms with Crippen LogP contribution in [0.1, 0.15) is 86.0 Å². The molecule has 0 aliphatic carbocycles. The lowest BCUT2D eigenvalue weighted by Crippen LogP contribution is -2.40. The molecular weight excluding hydrogens is 509 g/mol. The number of hydrogen-bond donors (Lipinski definition) is 2. The van der Waals surface area contributed by atoms with Crippen molar-refractivity contribution in [2.45, 2.75) is 92.6 Å². The number of rotatable bonds is 11. The van der Waals surface area contributed by atoms with E-state index in [9.17, 15) is 9.18 Å². The van der Waals surface area contributed by atoms with Crippen LogP contribution in [-0.2, 0) is 9.59 Å². The molecule has 1 amide bonds. The summed E-state index contributed by atoms with van der Waals surface area (Å²) in [6, 6.07) is 9.20. The van der Waals surface area contributed by atoms with Crippen LogP contribution in [0.5, 0.6) is 5.75 Å². The number of pyridine rings is 1. The van der Waals surface area contributed by atoms with Gasteiger partial charge in [-0.3, -0.25) is 14.6 Å². The molecule has 2 N–H and O–H groups in total. The summed E-state index contributed by atoms with van der Waals surface area (Å²) in [5, 5.41) is 10.5. The average Bonchev–Trinajstić information content (AvgIpc) is 2.89. The fourth-order valence-corrected chi connectivity index (χ4v) is 4.02. The van der Waals surface area contributed by atoms with E-state index < -0.39 is 6.36 Å². The van der Waals surface area contributed by atoms with E-state index in [1.165, 1.54) is 6.92 Å². The minimum Gasteiger partial charge on any atom is -0.483 e. The predicted molar refractivity (Wildman–Crippen MR) is 165 cm³/mol. The summed E-state index contributed by atoms with van der Waals surface area (Å²) >= 11 is 0. The maximum Gasteiger partial charge on any atom is 0.290 e. The molecule has 0 bridgehead atoms. The molecule has 0 radical (unpaired) electrons. The van der Waals surface area contributed by atoms with Gasteiger partial charge in [-0.05, 0) is 64.3 Å². The first-order valence-corrected chi connectivity index (χ1v) is 13.4. The number of carbonyl (C=O) groups excluding carboxylic acids is 1. The molecule has 222 valence electrons. The summed E-state index contributed by atoms with van der Waals surface area (Å²) in [4.78, 5) is 26.7. The highest BCUT2D eigenvalue weighted by molar-refractivity contribution is 5.93. The quantitative estimate of drug-likeness (QED) is 0.216. The van der Waals surface area contributed by atoms with E-state index in [1.54, 1.807) is 36.1 Å². The average molecular weight is 558 g/mol. The Morgan fingerprint density at radius 2 is 1.95 bits per heavy atom. The first kappa shape index (κ1) is 36.1. The van der Waals surface area contributed by atoms with Gasteiger partial charge in [-0.15, -0.1) is 5.73 Å². The molecule has 1 aromatic carbocycles. The van der Waals surface area contributed by atoms with Crippen molar-refractivity contribution < 1.29 is 25.2 Å². The van der Waals surface area contributed by atoms with Crippen molar-refractivity contribution in [2.24, 2.45) is 0 Å². The van der Waals surface area contributed by atoms with E-state index >= 15 is 0 Å². The molecule has 0 aliphatic rings. The van der Waals surface area contributed by atoms with Gasteiger partial charge in [0, 0.05) is 38.6 Å². The summed E-state index contributed by atoms with van der Waals surface area (Å²) in [6.45, 7) is 22.7. The van der Waals surface area contributed by atoms with Crippen LogP contribution in [0.4, 0.5) is 10.1 Å². The monoisotopic (exact) mass is 557 g/mol. The van der Waals surface area contributed by atoms with Crippen LogP contribution in [0, 0.1) is 6.92 Å². The van der Waals surface area contributed by atoms with Crippen LogP contribution in [0.15, 0.2) is 55.4 Å². The minimum absolute atomic E-state index is 0. The zero-order chi connectivity index (χ0) is 30.9. The Morgan fingerprint density at radius 1 is 1.32 bits per heavy atom. The summed E-state index contributed by atoms with van der Waals surface area (Å²) in [5.74, 6) is 0.543. The lowest BCUT2D eigenvalue weighted by molar-refractivity contribution is -0.123. The molecular formula is C32H48FN3O4. The standard InChI is InChI=1S/C21H33N3O.C10H11FO.CH2O2.H2/c1-9-12-21(8,11-3)23-19(10-2)18-13-20(16(6)22-14-18)24(15(4)5)17(7)25;1-3-9-5-4-6-10(7-9)12-8(2)11;2-1-3;/h13-15,23H,2,9,11-12H2,1,3-8H3;3-8H,1H2,2H3;1H,(H,2,3);1H/t21-;;;/m0.../s1. The molecule has 0 saturated carbocycles. The first-order valence-electron chi connectivity index (χ1n) is 13.4. The fraction of sp³-hybridized carbons (Fsp3) is 0.438. The number of aryl methyl sites for hydroxylation is 1. The van der Waals surface area contributed by atoms with Gasteiger partial charge in [0.1, 0.15) is 5.75 Å². The summed E-state index contributed by atoms with van der Waals surface area (Å²) in [6.07, 6.45) is 5.40. The normalized spacial score (nSPS) is 12.2. The number of anilines is 1. The summed E-state index contributed by atoms with van der Waals surface area (Å²) in [5.41, 5.74) is 7.34. The molecule has 1 aromatic heterocycles. The smallest absolute Gasteiger partial charge is 0.290 e. The number of nitrogens with one attached hydrogen (secondary N) is 1. The second kappa shape index (κ2) is 18.4. The van der Waals surface area contributed by atoms with Gasteiger partial charge < -0.3 is 20.1 Å². The van der Waals surface area contributed by atoms with Crippen molar-refractivity contribution in [3.63, 3.8) is 0 Å². The number of carboxylic acid groups (broad SMARTS) is 1. The Balaban J connectivity index is 0. The minimum atomic E-state index is -1.27. The van der Waals surface area contributed by atoms with Crippen LogP contribution in [0.25, 0.3) is 11.8 Å². The highest BCUT2D eigenvalue weighted by Gasteiger charge is 2.24. The van der Waals surface area contributed by atoms with E-state index in [-0.39, 0.29) is 25.4 Å². The Hall–Kier alpha value is -3.90. The van der Waals surface area contributed by atoms with E-state index in [0.717, 1.165) is 47.5 Å². The molecule has 0 saturated heterocycles. The maximum atomic E-state index is 12.4. The molecule has 2 atom stereocenters. The van der Waals surface area contributed by atoms with Gasteiger partial charge in [0.05, 0.1) is 17.1 Å². The Bertz CT molecular complexity index is 1150. The van der Waals surface area contributed by atoms with Crippen LogP contribution < -0.4 is 15.0 Å². The molecule has 40 heavy (non-hydrogen) atoms. The summed E-state index contributed by atoms with van der Waals surface area (Å²) in [7, 11) is 0. The van der Waals surface area contributed by atoms with Gasteiger partial charge in [0.15, 0.2) is 0 Å². The van der Waals surface area contributed by atoms with Crippen LogP contribution in [-0.4, -0.2) is 40.4 Å². The second-order valence-corrected chi connectivity index (χ2v) is 9.70. The molecule has 8 heteroatoms. The van der Waals surface area contributed by atoms with Crippen LogP contribution >= 0.6 is 0 Å². The van der Waals surface area contributed by atoms with Crippen molar-refractivity contribution in [1.29, 1.82) is 0 Å². The third-order valence-electron chi connectivity index (χ3n) is 6.04. The molecule has 2 rings (SSSR count). The fourth-order valence-electron chi connectivity index (χ4n) is 4.02. The third kappa shape index (κ3) is 12.3. The number of nitrogens with zero attached hydrogens (tertiary/aromatic N) is 2. The molecule has 1 unspecified atom stereocenters. The Kier molecular flexibility index (Phi) is 16.6. The predicted octanol–water partition coefficient (Wildman–Crippen LogP) is 7.81. The maximum absolute atomic E-state index is 12.4. The largest absolute Gasteiger partial charge is 0.483 e. The first-order chi connectivity index (χ1) is 18.8. The van der Waals surface area contributed by atoms with Crippen molar-refractivity contribution in [2.75, 3.05) is 4.90 Å². The van der Waals surface area contributed by atoms with Gasteiger partial charge in [0.25, 0.3) is 6.47 Å². The van der Waals surface area contributed by atoms with E-state index in [4.69, 9.17) is 14.6 Å². The van der Waals surface area contributed by atoms with E-state index in [0.29, 0.717) is 5.75 Å². The number of hydrogen-bond acceptors (Lipinski definition) is 5. The SMILES string of the molecule is C=C=C(N[C@@](C)(CC)CCC)c1cnc(C)c(N(C(C)=O)C(C)C)c1.C=Cc1cccc(OC(C)F)c1.O=CO.[HH]. The van der Waals surface area contributed by atoms with Gasteiger partial charge in [-0.2, -0.15) is 0 Å². The molecule has 1 heterocycles. The third-order valence-corrected chi connectivity index (χ3v) is 6.04. The van der Waals surface area contributed by atoms with Crippen molar-refractivity contribution in [3.8, 4) is 5.75 Å². The highest BCUT2D eigenvalue weighted by Crippen LogP contribution is 2.27. The van der Waals surface area contributed by atoms with Crippen LogP contribution in [0.2, 0.25) is 0 Å². The van der Waals surface area contributed by atoms with Crippen molar-refractivity contribution in [1.82, 2.24) is 10.3 Å². The number of amides is 1. The van der Waals surface area contributed by atoms with Gasteiger partial charge >= 0.3 is 0 Å². The Labute approximate surface area is 241 Å². The highest BCUT2D eigenvalue weighted by atomic mass is 19.1. The van der Waals surface area contributed by atoms with Gasteiger partial charge in [0.2, 0.25) is 12.3 Å². The lowest BCUT2D eigenvalue weighted by Gasteiger charge is -2.32. The number of alkyl halides is 1.